The average molecular weight is 301 g/mol. The Kier molecular flexibility index (Phi) is 5.52. The highest BCUT2D eigenvalue weighted by Crippen LogP contribution is 2.28. The first-order valence-electron chi connectivity index (χ1n) is 6.94. The lowest BCUT2D eigenvalue weighted by atomic mass is 9.96. The Labute approximate surface area is 126 Å². The van der Waals surface area contributed by atoms with Crippen molar-refractivity contribution in [3.05, 3.63) is 33.8 Å². The molecule has 0 aliphatic carbocycles. The highest BCUT2D eigenvalue weighted by atomic mass is 35.5. The van der Waals surface area contributed by atoms with Crippen molar-refractivity contribution >= 4 is 23.2 Å². The van der Waals surface area contributed by atoms with Gasteiger partial charge in [0.15, 0.2) is 0 Å². The molecule has 0 saturated carbocycles. The Bertz CT molecular complexity index is 417. The fourth-order valence-corrected chi connectivity index (χ4v) is 2.96. The zero-order valence-corrected chi connectivity index (χ0v) is 13.1. The van der Waals surface area contributed by atoms with Crippen LogP contribution in [0.3, 0.4) is 0 Å². The van der Waals surface area contributed by atoms with Crippen molar-refractivity contribution < 1.29 is 0 Å². The van der Waals surface area contributed by atoms with Crippen LogP contribution in [0.5, 0.6) is 0 Å². The van der Waals surface area contributed by atoms with E-state index in [1.165, 1.54) is 18.4 Å². The fourth-order valence-electron chi connectivity index (χ4n) is 2.66. The van der Waals surface area contributed by atoms with Crippen molar-refractivity contribution in [2.45, 2.75) is 25.8 Å². The van der Waals surface area contributed by atoms with Crippen LogP contribution in [-0.4, -0.2) is 31.6 Å². The van der Waals surface area contributed by atoms with E-state index >= 15 is 0 Å². The van der Waals surface area contributed by atoms with Gasteiger partial charge in [-0.1, -0.05) is 29.3 Å². The molecule has 19 heavy (non-hydrogen) atoms. The van der Waals surface area contributed by atoms with Crippen LogP contribution in [0.4, 0.5) is 0 Å². The van der Waals surface area contributed by atoms with Gasteiger partial charge in [0.2, 0.25) is 0 Å². The van der Waals surface area contributed by atoms with Crippen molar-refractivity contribution in [3.63, 3.8) is 0 Å². The second kappa shape index (κ2) is 6.94. The summed E-state index contributed by atoms with van der Waals surface area (Å²) < 4.78 is 0. The van der Waals surface area contributed by atoms with Crippen LogP contribution in [0, 0.1) is 5.92 Å². The van der Waals surface area contributed by atoms with Gasteiger partial charge in [-0.2, -0.15) is 0 Å². The van der Waals surface area contributed by atoms with E-state index in [1.54, 1.807) is 0 Å². The molecule has 1 heterocycles. The smallest absolute Gasteiger partial charge is 0.0595 e. The predicted octanol–water partition coefficient (Wildman–Crippen LogP) is 3.99. The topological polar surface area (TPSA) is 15.3 Å². The highest BCUT2D eigenvalue weighted by Gasteiger charge is 2.19. The molecule has 1 aliphatic rings. The molecule has 0 radical (unpaired) electrons. The lowest BCUT2D eigenvalue weighted by Gasteiger charge is -2.31. The lowest BCUT2D eigenvalue weighted by molar-refractivity contribution is 0.197. The van der Waals surface area contributed by atoms with Crippen molar-refractivity contribution in [2.24, 2.45) is 5.92 Å². The van der Waals surface area contributed by atoms with Crippen LogP contribution in [0.15, 0.2) is 18.2 Å². The van der Waals surface area contributed by atoms with Crippen molar-refractivity contribution in [3.8, 4) is 0 Å². The molecule has 0 spiro atoms. The van der Waals surface area contributed by atoms with E-state index in [0.29, 0.717) is 16.1 Å². The fraction of sp³-hybridized carbons (Fsp3) is 0.600. The summed E-state index contributed by atoms with van der Waals surface area (Å²) in [5, 5.41) is 4.68. The zero-order valence-electron chi connectivity index (χ0n) is 11.6. The minimum atomic E-state index is 0.365. The number of hydrogen-bond acceptors (Lipinski definition) is 2. The van der Waals surface area contributed by atoms with Crippen molar-refractivity contribution in [2.75, 3.05) is 26.7 Å². The van der Waals surface area contributed by atoms with E-state index in [9.17, 15) is 0 Å². The molecule has 1 saturated heterocycles. The Morgan fingerprint density at radius 1 is 1.26 bits per heavy atom. The number of hydrogen-bond donors (Lipinski definition) is 1. The summed E-state index contributed by atoms with van der Waals surface area (Å²) in [6, 6.07) is 6.30. The zero-order chi connectivity index (χ0) is 13.8. The molecule has 106 valence electrons. The number of nitrogens with one attached hydrogen (secondary N) is 1. The van der Waals surface area contributed by atoms with Gasteiger partial charge in [0.25, 0.3) is 0 Å². The normalized spacial score (nSPS) is 18.8. The molecule has 2 nitrogen and oxygen atoms in total. The van der Waals surface area contributed by atoms with E-state index in [-0.39, 0.29) is 0 Å². The molecule has 1 unspecified atom stereocenters. The summed E-state index contributed by atoms with van der Waals surface area (Å²) in [6.07, 6.45) is 2.55. The van der Waals surface area contributed by atoms with Crippen LogP contribution < -0.4 is 5.32 Å². The van der Waals surface area contributed by atoms with Gasteiger partial charge >= 0.3 is 0 Å². The molecule has 4 heteroatoms. The third kappa shape index (κ3) is 4.09. The van der Waals surface area contributed by atoms with Crippen LogP contribution in [0.25, 0.3) is 0 Å². The minimum absolute atomic E-state index is 0.365. The van der Waals surface area contributed by atoms with Crippen molar-refractivity contribution in [1.29, 1.82) is 0 Å². The first kappa shape index (κ1) is 15.1. The maximum Gasteiger partial charge on any atom is 0.0595 e. The van der Waals surface area contributed by atoms with Gasteiger partial charge in [0.1, 0.15) is 0 Å². The third-order valence-electron chi connectivity index (χ3n) is 4.09. The minimum Gasteiger partial charge on any atom is -0.317 e. The third-order valence-corrected chi connectivity index (χ3v) is 4.83. The largest absolute Gasteiger partial charge is 0.317 e. The van der Waals surface area contributed by atoms with Gasteiger partial charge in [0.05, 0.1) is 10.0 Å². The Morgan fingerprint density at radius 3 is 2.58 bits per heavy atom. The lowest BCUT2D eigenvalue weighted by Crippen LogP contribution is -2.35. The summed E-state index contributed by atoms with van der Waals surface area (Å²) >= 11 is 12.1. The van der Waals surface area contributed by atoms with Gasteiger partial charge in [-0.15, -0.1) is 0 Å². The molecular weight excluding hydrogens is 279 g/mol. The summed E-state index contributed by atoms with van der Waals surface area (Å²) in [5.41, 5.74) is 1.23. The quantitative estimate of drug-likeness (QED) is 0.904. The Hall–Kier alpha value is -0.280. The van der Waals surface area contributed by atoms with E-state index in [0.717, 1.165) is 25.6 Å². The molecule has 0 aromatic heterocycles. The van der Waals surface area contributed by atoms with Crippen LogP contribution in [0.1, 0.15) is 31.4 Å². The molecule has 1 N–H and O–H groups in total. The van der Waals surface area contributed by atoms with Gasteiger partial charge in [-0.3, -0.25) is 4.90 Å². The van der Waals surface area contributed by atoms with Gasteiger partial charge in [-0.25, -0.2) is 0 Å². The Balaban J connectivity index is 1.97. The number of nitrogens with zero attached hydrogens (tertiary/aromatic N) is 1. The monoisotopic (exact) mass is 300 g/mol. The van der Waals surface area contributed by atoms with Crippen LogP contribution >= 0.6 is 23.2 Å². The molecule has 2 rings (SSSR count). The van der Waals surface area contributed by atoms with E-state index in [1.807, 2.05) is 12.1 Å². The maximum atomic E-state index is 6.10. The number of benzene rings is 1. The van der Waals surface area contributed by atoms with E-state index < -0.39 is 0 Å². The maximum absolute atomic E-state index is 6.10. The highest BCUT2D eigenvalue weighted by molar-refractivity contribution is 6.42. The Morgan fingerprint density at radius 2 is 1.95 bits per heavy atom. The van der Waals surface area contributed by atoms with E-state index in [4.69, 9.17) is 23.2 Å². The molecule has 1 aromatic rings. The molecule has 1 fully saturated rings. The van der Waals surface area contributed by atoms with Crippen molar-refractivity contribution in [1.82, 2.24) is 10.2 Å². The average Bonchev–Trinajstić information content (AvgIpc) is 2.42. The SMILES string of the molecule is CC(c1ccc(Cl)c(Cl)c1)N(C)CC1CCNCC1. The summed E-state index contributed by atoms with van der Waals surface area (Å²) in [5.74, 6) is 0.802. The van der Waals surface area contributed by atoms with E-state index in [2.05, 4.69) is 30.3 Å². The molecule has 1 aromatic carbocycles. The first-order chi connectivity index (χ1) is 9.08. The molecular formula is C15H22Cl2N2. The first-order valence-corrected chi connectivity index (χ1v) is 7.69. The molecule has 0 amide bonds. The van der Waals surface area contributed by atoms with Gasteiger partial charge in [0, 0.05) is 12.6 Å². The second-order valence-electron chi connectivity index (χ2n) is 5.48. The van der Waals surface area contributed by atoms with Gasteiger partial charge < -0.3 is 5.32 Å². The van der Waals surface area contributed by atoms with Crippen LogP contribution in [-0.2, 0) is 0 Å². The summed E-state index contributed by atoms with van der Waals surface area (Å²) in [4.78, 5) is 2.41. The molecule has 0 bridgehead atoms. The predicted molar refractivity (Wildman–Crippen MR) is 83.1 cm³/mol. The second-order valence-corrected chi connectivity index (χ2v) is 6.30. The number of halogens is 2. The standard InChI is InChI=1S/C15H22Cl2N2/c1-11(13-3-4-14(16)15(17)9-13)19(2)10-12-5-7-18-8-6-12/h3-4,9,11-12,18H,5-8,10H2,1-2H3. The van der Waals surface area contributed by atoms with Crippen LogP contribution in [0.2, 0.25) is 10.0 Å². The number of piperidine rings is 1. The van der Waals surface area contributed by atoms with Gasteiger partial charge in [-0.05, 0) is 63.5 Å². The number of rotatable bonds is 4. The molecule has 1 atom stereocenters. The summed E-state index contributed by atoms with van der Waals surface area (Å²) in [7, 11) is 2.19. The summed E-state index contributed by atoms with van der Waals surface area (Å²) in [6.45, 7) is 5.67. The molecule has 1 aliphatic heterocycles.